The van der Waals surface area contributed by atoms with Crippen molar-refractivity contribution in [3.05, 3.63) is 52.4 Å². The Morgan fingerprint density at radius 2 is 1.86 bits per heavy atom. The van der Waals surface area contributed by atoms with Crippen LogP contribution >= 0.6 is 0 Å². The molecule has 3 rings (SSSR count). The van der Waals surface area contributed by atoms with E-state index >= 15 is 0 Å². The summed E-state index contributed by atoms with van der Waals surface area (Å²) in [5.41, 5.74) is 3.17. The molecule has 1 unspecified atom stereocenters. The first-order chi connectivity index (χ1) is 13.8. The third-order valence-corrected chi connectivity index (χ3v) is 5.28. The topological polar surface area (TPSA) is 68.9 Å². The first kappa shape index (κ1) is 20.8. The van der Waals surface area contributed by atoms with Crippen LogP contribution < -0.4 is 10.9 Å². The quantitative estimate of drug-likeness (QED) is 0.660. The number of nitrogens with zero attached hydrogens (tertiary/aromatic N) is 3. The van der Waals surface area contributed by atoms with Crippen LogP contribution in [0.5, 0.6) is 0 Å². The summed E-state index contributed by atoms with van der Waals surface area (Å²) in [7, 11) is 0. The molecular weight excluding hydrogens is 364 g/mol. The number of carbonyl (C=O) groups excluding carboxylic acids is 1. The highest BCUT2D eigenvalue weighted by molar-refractivity contribution is 5.96. The Morgan fingerprint density at radius 1 is 1.17 bits per heavy atom. The third kappa shape index (κ3) is 4.11. The minimum atomic E-state index is -0.622. The Bertz CT molecular complexity index is 1060. The number of benzene rings is 1. The number of nitrogens with one attached hydrogen (secondary N) is 1. The van der Waals surface area contributed by atoms with Gasteiger partial charge in [0.05, 0.1) is 5.69 Å². The van der Waals surface area contributed by atoms with E-state index in [0.29, 0.717) is 24.7 Å². The number of hydrogen-bond donors (Lipinski definition) is 1. The highest BCUT2D eigenvalue weighted by atomic mass is 16.2. The van der Waals surface area contributed by atoms with Crippen LogP contribution in [0, 0.1) is 12.8 Å². The van der Waals surface area contributed by atoms with Crippen LogP contribution in [0.15, 0.2) is 41.2 Å². The van der Waals surface area contributed by atoms with Crippen LogP contribution in [0.1, 0.15) is 45.9 Å². The normalized spacial score (nSPS) is 12.5. The van der Waals surface area contributed by atoms with Gasteiger partial charge >= 0.3 is 0 Å². The van der Waals surface area contributed by atoms with Gasteiger partial charge in [-0.25, -0.2) is 4.68 Å². The highest BCUT2D eigenvalue weighted by Gasteiger charge is 2.24. The van der Waals surface area contributed by atoms with Gasteiger partial charge in [0.1, 0.15) is 11.7 Å². The number of aryl methyl sites for hydroxylation is 2. The molecule has 0 bridgehead atoms. The van der Waals surface area contributed by atoms with Crippen molar-refractivity contribution in [2.24, 2.45) is 5.92 Å². The summed E-state index contributed by atoms with van der Waals surface area (Å²) in [4.78, 5) is 26.0. The molecule has 0 spiro atoms. The molecule has 1 atom stereocenters. The summed E-state index contributed by atoms with van der Waals surface area (Å²) in [6.07, 6.45) is 0.904. The van der Waals surface area contributed by atoms with Gasteiger partial charge in [-0.2, -0.15) is 5.10 Å². The molecule has 0 saturated heterocycles. The largest absolute Gasteiger partial charge is 0.354 e. The maximum Gasteiger partial charge on any atom is 0.253 e. The molecule has 154 valence electrons. The lowest BCUT2D eigenvalue weighted by molar-refractivity contribution is -0.123. The van der Waals surface area contributed by atoms with Gasteiger partial charge in [-0.15, -0.1) is 0 Å². The maximum atomic E-state index is 13.2. The first-order valence-electron chi connectivity index (χ1n) is 10.3. The van der Waals surface area contributed by atoms with Gasteiger partial charge in [0.15, 0.2) is 0 Å². The van der Waals surface area contributed by atoms with E-state index in [9.17, 15) is 9.59 Å². The highest BCUT2D eigenvalue weighted by Crippen LogP contribution is 2.30. The van der Waals surface area contributed by atoms with E-state index in [2.05, 4.69) is 24.3 Å². The fraction of sp³-hybridized carbons (Fsp3) is 0.435. The number of aromatic nitrogens is 3. The van der Waals surface area contributed by atoms with Gasteiger partial charge in [0.25, 0.3) is 5.56 Å². The molecule has 6 nitrogen and oxygen atoms in total. The van der Waals surface area contributed by atoms with Crippen molar-refractivity contribution >= 4 is 16.9 Å². The van der Waals surface area contributed by atoms with Crippen LogP contribution in [-0.2, 0) is 11.3 Å². The van der Waals surface area contributed by atoms with Gasteiger partial charge in [0.2, 0.25) is 5.91 Å². The van der Waals surface area contributed by atoms with Crippen molar-refractivity contribution in [3.8, 4) is 11.1 Å². The zero-order valence-electron chi connectivity index (χ0n) is 17.9. The fourth-order valence-electron chi connectivity index (χ4n) is 3.69. The second kappa shape index (κ2) is 8.64. The molecule has 2 heterocycles. The van der Waals surface area contributed by atoms with Crippen molar-refractivity contribution in [2.75, 3.05) is 6.54 Å². The summed E-state index contributed by atoms with van der Waals surface area (Å²) in [5, 5.41) is 8.53. The second-order valence-corrected chi connectivity index (χ2v) is 7.88. The molecule has 0 fully saturated rings. The first-order valence-corrected chi connectivity index (χ1v) is 10.3. The molecule has 0 aliphatic carbocycles. The predicted molar refractivity (Wildman–Crippen MR) is 117 cm³/mol. The molecule has 2 aromatic heterocycles. The van der Waals surface area contributed by atoms with Gasteiger partial charge < -0.3 is 5.32 Å². The minimum absolute atomic E-state index is 0.150. The Labute approximate surface area is 171 Å². The lowest BCUT2D eigenvalue weighted by atomic mass is 10.0. The van der Waals surface area contributed by atoms with E-state index in [-0.39, 0.29) is 11.5 Å². The SMILES string of the molecule is CCn1nc(C)c2c(-c3ccccc3)cc(=O)n(C(C)C(=O)NCCC(C)C)c21. The molecule has 0 aliphatic rings. The van der Waals surface area contributed by atoms with E-state index in [0.717, 1.165) is 28.6 Å². The maximum absolute atomic E-state index is 13.2. The summed E-state index contributed by atoms with van der Waals surface area (Å²) in [6, 6.07) is 10.8. The Hall–Kier alpha value is -2.89. The zero-order valence-corrected chi connectivity index (χ0v) is 17.9. The van der Waals surface area contributed by atoms with E-state index in [1.165, 1.54) is 0 Å². The zero-order chi connectivity index (χ0) is 21.1. The van der Waals surface area contributed by atoms with Crippen LogP contribution in [-0.4, -0.2) is 26.8 Å². The molecule has 1 amide bonds. The molecule has 0 aliphatic heterocycles. The van der Waals surface area contributed by atoms with Crippen LogP contribution in [0.2, 0.25) is 0 Å². The van der Waals surface area contributed by atoms with Crippen molar-refractivity contribution < 1.29 is 4.79 Å². The van der Waals surface area contributed by atoms with Gasteiger partial charge in [-0.3, -0.25) is 14.2 Å². The number of amides is 1. The van der Waals surface area contributed by atoms with Gasteiger partial charge in [-0.05, 0) is 44.2 Å². The van der Waals surface area contributed by atoms with Crippen LogP contribution in [0.3, 0.4) is 0 Å². The van der Waals surface area contributed by atoms with E-state index in [4.69, 9.17) is 0 Å². The summed E-state index contributed by atoms with van der Waals surface area (Å²) in [6.45, 7) is 11.2. The van der Waals surface area contributed by atoms with Crippen molar-refractivity contribution in [1.29, 1.82) is 0 Å². The molecule has 1 N–H and O–H groups in total. The molecule has 29 heavy (non-hydrogen) atoms. The van der Waals surface area contributed by atoms with Crippen LogP contribution in [0.25, 0.3) is 22.2 Å². The van der Waals surface area contributed by atoms with Gasteiger partial charge in [-0.1, -0.05) is 44.2 Å². The summed E-state index contributed by atoms with van der Waals surface area (Å²) in [5.74, 6) is 0.359. The minimum Gasteiger partial charge on any atom is -0.354 e. The van der Waals surface area contributed by atoms with Crippen molar-refractivity contribution in [1.82, 2.24) is 19.7 Å². The molecule has 6 heteroatoms. The smallest absolute Gasteiger partial charge is 0.253 e. The molecule has 0 saturated carbocycles. The summed E-state index contributed by atoms with van der Waals surface area (Å²) < 4.78 is 3.40. The lowest BCUT2D eigenvalue weighted by Crippen LogP contribution is -2.37. The number of rotatable bonds is 7. The van der Waals surface area contributed by atoms with Crippen LogP contribution in [0.4, 0.5) is 0 Å². The van der Waals surface area contributed by atoms with Crippen molar-refractivity contribution in [3.63, 3.8) is 0 Å². The molecule has 3 aromatic rings. The monoisotopic (exact) mass is 394 g/mol. The Balaban J connectivity index is 2.15. The Morgan fingerprint density at radius 3 is 2.48 bits per heavy atom. The fourth-order valence-corrected chi connectivity index (χ4v) is 3.69. The average molecular weight is 395 g/mol. The number of pyridine rings is 1. The standard InChI is InChI=1S/C23H30N4O2/c1-6-26-23-21(16(4)25-26)19(18-10-8-7-9-11-18)14-20(28)27(23)17(5)22(29)24-13-12-15(2)3/h7-11,14-15,17H,6,12-13H2,1-5H3,(H,24,29). The Kier molecular flexibility index (Phi) is 6.20. The van der Waals surface area contributed by atoms with Gasteiger partial charge in [0, 0.05) is 24.5 Å². The number of hydrogen-bond acceptors (Lipinski definition) is 3. The lowest BCUT2D eigenvalue weighted by Gasteiger charge is -2.19. The molecular formula is C23H30N4O2. The average Bonchev–Trinajstić information content (AvgIpc) is 3.03. The van der Waals surface area contributed by atoms with E-state index < -0.39 is 6.04 Å². The van der Waals surface area contributed by atoms with E-state index in [1.807, 2.05) is 48.9 Å². The molecule has 0 radical (unpaired) electrons. The third-order valence-electron chi connectivity index (χ3n) is 5.28. The number of fused-ring (bicyclic) bond motifs is 1. The van der Waals surface area contributed by atoms with Crippen molar-refractivity contribution in [2.45, 2.75) is 53.6 Å². The predicted octanol–water partition coefficient (Wildman–Crippen LogP) is 3.92. The second-order valence-electron chi connectivity index (χ2n) is 7.88. The summed E-state index contributed by atoms with van der Waals surface area (Å²) >= 11 is 0. The number of carbonyl (C=O) groups is 1. The van der Waals surface area contributed by atoms with E-state index in [1.54, 1.807) is 17.6 Å². The molecule has 1 aromatic carbocycles.